The summed E-state index contributed by atoms with van der Waals surface area (Å²) in [5.41, 5.74) is 0.769. The molecule has 1 amide bonds. The maximum Gasteiger partial charge on any atom is 0.282 e. The Balaban J connectivity index is 2.27. The molecule has 0 radical (unpaired) electrons. The number of aryl methyl sites for hydroxylation is 1. The number of carbonyl (C=O) groups is 1. The predicted molar refractivity (Wildman–Crippen MR) is 99.5 cm³/mol. The molecule has 0 saturated carbocycles. The van der Waals surface area contributed by atoms with Crippen molar-refractivity contribution in [1.29, 1.82) is 0 Å². The van der Waals surface area contributed by atoms with E-state index in [9.17, 15) is 9.18 Å². The highest BCUT2D eigenvalue weighted by Crippen LogP contribution is 2.35. The summed E-state index contributed by atoms with van der Waals surface area (Å²) in [4.78, 5) is 17.2. The molecule has 0 unspecified atom stereocenters. The number of carbonyl (C=O) groups excluding carboxylic acids is 1. The van der Waals surface area contributed by atoms with E-state index in [2.05, 4.69) is 4.99 Å². The van der Waals surface area contributed by atoms with Gasteiger partial charge in [-0.2, -0.15) is 4.99 Å². The van der Waals surface area contributed by atoms with Gasteiger partial charge >= 0.3 is 0 Å². The summed E-state index contributed by atoms with van der Waals surface area (Å²) >= 11 is 1.32. The van der Waals surface area contributed by atoms with Crippen LogP contribution in [0.25, 0.3) is 10.2 Å². The van der Waals surface area contributed by atoms with Crippen LogP contribution in [0.1, 0.15) is 23.7 Å². The van der Waals surface area contributed by atoms with E-state index in [4.69, 9.17) is 9.47 Å². The smallest absolute Gasteiger partial charge is 0.282 e. The highest BCUT2D eigenvalue weighted by atomic mass is 32.1. The van der Waals surface area contributed by atoms with E-state index in [0.717, 1.165) is 16.6 Å². The Morgan fingerprint density at radius 3 is 2.50 bits per heavy atom. The molecule has 0 bridgehead atoms. The van der Waals surface area contributed by atoms with Crippen LogP contribution in [0, 0.1) is 5.82 Å². The van der Waals surface area contributed by atoms with Crippen molar-refractivity contribution in [3.8, 4) is 11.5 Å². The van der Waals surface area contributed by atoms with Gasteiger partial charge in [-0.25, -0.2) is 4.39 Å². The van der Waals surface area contributed by atoms with Crippen molar-refractivity contribution in [2.75, 3.05) is 14.2 Å². The van der Waals surface area contributed by atoms with Crippen LogP contribution in [0.3, 0.4) is 0 Å². The van der Waals surface area contributed by atoms with Gasteiger partial charge in [0.15, 0.2) is 4.80 Å². The SMILES string of the molecule is CCCn1c(=NC(=O)c2ccccc2F)sc2c(OC)ccc(OC)c21. The Morgan fingerprint density at radius 1 is 1.15 bits per heavy atom. The quantitative estimate of drug-likeness (QED) is 0.678. The van der Waals surface area contributed by atoms with Crippen molar-refractivity contribution >= 4 is 27.5 Å². The van der Waals surface area contributed by atoms with Crippen LogP contribution >= 0.6 is 11.3 Å². The number of methoxy groups -OCH3 is 2. The molecule has 26 heavy (non-hydrogen) atoms. The van der Waals surface area contributed by atoms with Crippen LogP contribution < -0.4 is 14.3 Å². The molecule has 7 heteroatoms. The van der Waals surface area contributed by atoms with E-state index in [1.165, 1.54) is 23.5 Å². The zero-order chi connectivity index (χ0) is 18.7. The number of rotatable bonds is 5. The Bertz CT molecular complexity index is 1020. The lowest BCUT2D eigenvalue weighted by molar-refractivity contribution is 0.0994. The average molecular weight is 374 g/mol. The largest absolute Gasteiger partial charge is 0.495 e. The molecule has 0 aliphatic rings. The fraction of sp³-hybridized carbons (Fsp3) is 0.263. The highest BCUT2D eigenvalue weighted by molar-refractivity contribution is 7.16. The van der Waals surface area contributed by atoms with Crippen LogP contribution in [-0.2, 0) is 6.54 Å². The molecule has 0 atom stereocenters. The fourth-order valence-electron chi connectivity index (χ4n) is 2.75. The van der Waals surface area contributed by atoms with Gasteiger partial charge in [0.05, 0.1) is 19.8 Å². The molecular formula is C19H19FN2O3S. The van der Waals surface area contributed by atoms with E-state index in [0.29, 0.717) is 22.8 Å². The first-order valence-corrected chi connectivity index (χ1v) is 9.00. The summed E-state index contributed by atoms with van der Waals surface area (Å²) in [6.45, 7) is 2.68. The summed E-state index contributed by atoms with van der Waals surface area (Å²) in [5, 5.41) is 0. The molecular weight excluding hydrogens is 355 g/mol. The van der Waals surface area contributed by atoms with Crippen molar-refractivity contribution in [3.63, 3.8) is 0 Å². The number of halogens is 1. The van der Waals surface area contributed by atoms with E-state index in [1.807, 2.05) is 23.6 Å². The number of aromatic nitrogens is 1. The Labute approximate surface area is 154 Å². The molecule has 0 saturated heterocycles. The summed E-state index contributed by atoms with van der Waals surface area (Å²) in [6.07, 6.45) is 0.841. The fourth-order valence-corrected chi connectivity index (χ4v) is 3.92. The molecule has 2 aromatic carbocycles. The molecule has 136 valence electrons. The molecule has 0 spiro atoms. The zero-order valence-corrected chi connectivity index (χ0v) is 15.6. The van der Waals surface area contributed by atoms with Gasteiger partial charge in [-0.15, -0.1) is 0 Å². The number of nitrogens with zero attached hydrogens (tertiary/aromatic N) is 2. The second-order valence-electron chi connectivity index (χ2n) is 5.58. The van der Waals surface area contributed by atoms with Gasteiger partial charge in [-0.3, -0.25) is 4.79 Å². The lowest BCUT2D eigenvalue weighted by Crippen LogP contribution is -2.17. The summed E-state index contributed by atoms with van der Waals surface area (Å²) in [7, 11) is 3.18. The number of thiazole rings is 1. The minimum atomic E-state index is -0.613. The summed E-state index contributed by atoms with van der Waals surface area (Å²) in [6, 6.07) is 9.47. The van der Waals surface area contributed by atoms with Crippen LogP contribution in [-0.4, -0.2) is 24.7 Å². The molecule has 0 N–H and O–H groups in total. The number of amides is 1. The van der Waals surface area contributed by atoms with Crippen LogP contribution in [0.2, 0.25) is 0 Å². The third-order valence-corrected chi connectivity index (χ3v) is 5.03. The molecule has 3 aromatic rings. The molecule has 3 rings (SSSR count). The third kappa shape index (κ3) is 3.22. The third-order valence-electron chi connectivity index (χ3n) is 3.94. The van der Waals surface area contributed by atoms with Crippen molar-refractivity contribution < 1.29 is 18.7 Å². The van der Waals surface area contributed by atoms with Crippen LogP contribution in [0.4, 0.5) is 4.39 Å². The standard InChI is InChI=1S/C19H19FN2O3S/c1-4-11-22-16-14(24-2)9-10-15(25-3)17(16)26-19(22)21-18(23)12-7-5-6-8-13(12)20/h5-10H,4,11H2,1-3H3. The minimum absolute atomic E-state index is 0.0491. The van der Waals surface area contributed by atoms with Gasteiger partial charge in [0.25, 0.3) is 5.91 Å². The first-order chi connectivity index (χ1) is 12.6. The van der Waals surface area contributed by atoms with Crippen molar-refractivity contribution in [3.05, 3.63) is 52.6 Å². The van der Waals surface area contributed by atoms with Gasteiger partial charge in [-0.1, -0.05) is 30.4 Å². The molecule has 5 nitrogen and oxygen atoms in total. The van der Waals surface area contributed by atoms with Gasteiger partial charge < -0.3 is 14.0 Å². The lowest BCUT2D eigenvalue weighted by Gasteiger charge is -2.09. The van der Waals surface area contributed by atoms with Crippen molar-refractivity contribution in [1.82, 2.24) is 4.57 Å². The van der Waals surface area contributed by atoms with Crippen molar-refractivity contribution in [2.24, 2.45) is 4.99 Å². The zero-order valence-electron chi connectivity index (χ0n) is 14.8. The first-order valence-electron chi connectivity index (χ1n) is 8.18. The Morgan fingerprint density at radius 2 is 1.85 bits per heavy atom. The predicted octanol–water partition coefficient (Wildman–Crippen LogP) is 4.01. The number of hydrogen-bond acceptors (Lipinski definition) is 4. The van der Waals surface area contributed by atoms with Crippen molar-refractivity contribution in [2.45, 2.75) is 19.9 Å². The van der Waals surface area contributed by atoms with Gasteiger partial charge in [0, 0.05) is 6.54 Å². The topological polar surface area (TPSA) is 52.8 Å². The number of hydrogen-bond donors (Lipinski definition) is 0. The van der Waals surface area contributed by atoms with Gasteiger partial charge in [0.1, 0.15) is 27.5 Å². The first kappa shape index (κ1) is 18.1. The maximum absolute atomic E-state index is 13.9. The van der Waals surface area contributed by atoms with E-state index in [-0.39, 0.29) is 5.56 Å². The van der Waals surface area contributed by atoms with Crippen LogP contribution in [0.5, 0.6) is 11.5 Å². The Hall–Kier alpha value is -2.67. The van der Waals surface area contributed by atoms with Crippen LogP contribution in [0.15, 0.2) is 41.4 Å². The van der Waals surface area contributed by atoms with Gasteiger partial charge in [0.2, 0.25) is 0 Å². The number of fused-ring (bicyclic) bond motifs is 1. The monoisotopic (exact) mass is 374 g/mol. The molecule has 1 heterocycles. The van der Waals surface area contributed by atoms with Gasteiger partial charge in [-0.05, 0) is 30.7 Å². The number of ether oxygens (including phenoxy) is 2. The second-order valence-corrected chi connectivity index (χ2v) is 6.56. The van der Waals surface area contributed by atoms with E-state index < -0.39 is 11.7 Å². The average Bonchev–Trinajstić information content (AvgIpc) is 3.00. The highest BCUT2D eigenvalue weighted by Gasteiger charge is 2.17. The number of benzene rings is 2. The molecule has 1 aromatic heterocycles. The normalized spacial score (nSPS) is 11.8. The molecule has 0 aliphatic carbocycles. The summed E-state index contributed by atoms with van der Waals surface area (Å²) < 4.78 is 27.6. The molecule has 0 aliphatic heterocycles. The summed E-state index contributed by atoms with van der Waals surface area (Å²) in [5.74, 6) is 0.151. The minimum Gasteiger partial charge on any atom is -0.495 e. The van der Waals surface area contributed by atoms with E-state index in [1.54, 1.807) is 26.4 Å². The maximum atomic E-state index is 13.9. The van der Waals surface area contributed by atoms with E-state index >= 15 is 0 Å². The molecule has 0 fully saturated rings. The Kier molecular flexibility index (Phi) is 5.37. The second kappa shape index (κ2) is 7.70. The lowest BCUT2D eigenvalue weighted by atomic mass is 10.2.